The summed E-state index contributed by atoms with van der Waals surface area (Å²) in [5, 5.41) is 3.25. The van der Waals surface area contributed by atoms with Crippen LogP contribution in [0.15, 0.2) is 24.3 Å². The molecule has 120 valence electrons. The highest BCUT2D eigenvalue weighted by Gasteiger charge is 2.01. The van der Waals surface area contributed by atoms with Gasteiger partial charge >= 0.3 is 0 Å². The summed E-state index contributed by atoms with van der Waals surface area (Å²) in [6, 6.07) is 8.03. The normalized spacial score (nSPS) is 11.8. The van der Waals surface area contributed by atoms with Gasteiger partial charge in [-0.1, -0.05) is 26.0 Å². The molecule has 0 spiro atoms. The van der Waals surface area contributed by atoms with E-state index in [1.165, 1.54) is 11.8 Å². The molecular weight excluding hydrogens is 286 g/mol. The summed E-state index contributed by atoms with van der Waals surface area (Å²) in [6.45, 7) is 6.57. The molecule has 0 heterocycles. The van der Waals surface area contributed by atoms with Gasteiger partial charge in [-0.25, -0.2) is 8.42 Å². The third-order valence-electron chi connectivity index (χ3n) is 3.09. The van der Waals surface area contributed by atoms with Gasteiger partial charge < -0.3 is 10.1 Å². The van der Waals surface area contributed by atoms with Gasteiger partial charge in [0.25, 0.3) is 0 Å². The second-order valence-corrected chi connectivity index (χ2v) is 8.09. The molecule has 0 aliphatic rings. The van der Waals surface area contributed by atoms with Crippen molar-refractivity contribution in [2.24, 2.45) is 5.92 Å². The van der Waals surface area contributed by atoms with Crippen LogP contribution >= 0.6 is 0 Å². The minimum absolute atomic E-state index is 0.239. The molecule has 0 aromatic heterocycles. The zero-order valence-corrected chi connectivity index (χ0v) is 14.1. The van der Waals surface area contributed by atoms with Crippen LogP contribution in [-0.4, -0.2) is 33.6 Å². The summed E-state index contributed by atoms with van der Waals surface area (Å²) in [4.78, 5) is 0. The van der Waals surface area contributed by atoms with E-state index in [-0.39, 0.29) is 5.75 Å². The highest BCUT2D eigenvalue weighted by atomic mass is 32.2. The Balaban J connectivity index is 2.22. The second-order valence-electron chi connectivity index (χ2n) is 5.84. The first-order chi connectivity index (χ1) is 9.87. The third-order valence-corrected chi connectivity index (χ3v) is 4.12. The lowest BCUT2D eigenvalue weighted by Crippen LogP contribution is -2.17. The van der Waals surface area contributed by atoms with Gasteiger partial charge in [0.2, 0.25) is 0 Å². The molecule has 1 aromatic carbocycles. The van der Waals surface area contributed by atoms with Crippen LogP contribution in [0, 0.1) is 5.92 Å². The molecule has 0 atom stereocenters. The van der Waals surface area contributed by atoms with Crippen LogP contribution in [-0.2, 0) is 16.4 Å². The second kappa shape index (κ2) is 9.05. The Bertz CT molecular complexity index is 495. The number of benzene rings is 1. The molecule has 4 nitrogen and oxygen atoms in total. The maximum atomic E-state index is 11.0. The van der Waals surface area contributed by atoms with E-state index >= 15 is 0 Å². The average Bonchev–Trinajstić information content (AvgIpc) is 2.38. The van der Waals surface area contributed by atoms with Crippen LogP contribution in [0.3, 0.4) is 0 Å². The molecule has 0 saturated carbocycles. The Morgan fingerprint density at radius 2 is 1.86 bits per heavy atom. The van der Waals surface area contributed by atoms with Gasteiger partial charge in [0.1, 0.15) is 15.6 Å². The first-order valence-electron chi connectivity index (χ1n) is 7.47. The van der Waals surface area contributed by atoms with Crippen molar-refractivity contribution in [2.75, 3.05) is 25.2 Å². The molecule has 0 bridgehead atoms. The Morgan fingerprint density at radius 3 is 2.43 bits per heavy atom. The number of sulfone groups is 1. The van der Waals surface area contributed by atoms with E-state index in [2.05, 4.69) is 19.2 Å². The Hall–Kier alpha value is -1.07. The minimum Gasteiger partial charge on any atom is -0.494 e. The van der Waals surface area contributed by atoms with Gasteiger partial charge in [0.15, 0.2) is 0 Å². The number of rotatable bonds is 10. The van der Waals surface area contributed by atoms with Crippen molar-refractivity contribution in [3.8, 4) is 5.75 Å². The minimum atomic E-state index is -2.85. The van der Waals surface area contributed by atoms with E-state index in [9.17, 15) is 8.42 Å². The first kappa shape index (κ1) is 18.0. The van der Waals surface area contributed by atoms with Crippen molar-refractivity contribution < 1.29 is 13.2 Å². The predicted octanol–water partition coefficient (Wildman–Crippen LogP) is 2.64. The Labute approximate surface area is 128 Å². The van der Waals surface area contributed by atoms with Crippen LogP contribution < -0.4 is 10.1 Å². The van der Waals surface area contributed by atoms with Gasteiger partial charge in [-0.3, -0.25) is 0 Å². The zero-order chi connectivity index (χ0) is 15.7. The van der Waals surface area contributed by atoms with Crippen LogP contribution in [0.4, 0.5) is 0 Å². The fourth-order valence-electron chi connectivity index (χ4n) is 1.81. The van der Waals surface area contributed by atoms with Gasteiger partial charge in [0.05, 0.1) is 12.4 Å². The smallest absolute Gasteiger partial charge is 0.147 e. The quantitative estimate of drug-likeness (QED) is 0.675. The number of hydrogen-bond donors (Lipinski definition) is 1. The van der Waals surface area contributed by atoms with Crippen molar-refractivity contribution in [3.05, 3.63) is 29.8 Å². The molecule has 0 aliphatic carbocycles. The standard InChI is InChI=1S/C16H27NO3S/c1-14(2)9-11-20-16-7-5-15(6-8-16)13-17-10-4-12-21(3,18)19/h5-8,14,17H,4,9-13H2,1-3H3. The molecular formula is C16H27NO3S. The molecule has 0 amide bonds. The van der Waals surface area contributed by atoms with Crippen molar-refractivity contribution >= 4 is 9.84 Å². The molecule has 0 aliphatic heterocycles. The first-order valence-corrected chi connectivity index (χ1v) is 9.53. The molecule has 1 rings (SSSR count). The lowest BCUT2D eigenvalue weighted by atomic mass is 10.1. The average molecular weight is 313 g/mol. The van der Waals surface area contributed by atoms with Gasteiger partial charge in [-0.2, -0.15) is 0 Å². The maximum absolute atomic E-state index is 11.0. The molecule has 1 aromatic rings. The molecule has 0 fully saturated rings. The fraction of sp³-hybridized carbons (Fsp3) is 0.625. The Kier molecular flexibility index (Phi) is 7.75. The largest absolute Gasteiger partial charge is 0.494 e. The van der Waals surface area contributed by atoms with Gasteiger partial charge in [-0.05, 0) is 43.0 Å². The van der Waals surface area contributed by atoms with E-state index in [0.29, 0.717) is 18.9 Å². The van der Waals surface area contributed by atoms with Crippen molar-refractivity contribution in [1.29, 1.82) is 0 Å². The maximum Gasteiger partial charge on any atom is 0.147 e. The van der Waals surface area contributed by atoms with E-state index < -0.39 is 9.84 Å². The fourth-order valence-corrected chi connectivity index (χ4v) is 2.48. The summed E-state index contributed by atoms with van der Waals surface area (Å²) < 4.78 is 27.6. The van der Waals surface area contributed by atoms with Gasteiger partial charge in [-0.15, -0.1) is 0 Å². The third kappa shape index (κ3) is 9.47. The van der Waals surface area contributed by atoms with Crippen molar-refractivity contribution in [3.63, 3.8) is 0 Å². The van der Waals surface area contributed by atoms with Gasteiger partial charge in [0, 0.05) is 12.8 Å². The van der Waals surface area contributed by atoms with Crippen LogP contribution in [0.5, 0.6) is 5.75 Å². The SMILES string of the molecule is CC(C)CCOc1ccc(CNCCCS(C)(=O)=O)cc1. The molecule has 0 saturated heterocycles. The number of hydrogen-bond acceptors (Lipinski definition) is 4. The summed E-state index contributed by atoms with van der Waals surface area (Å²) in [5.74, 6) is 1.79. The number of ether oxygens (including phenoxy) is 1. The van der Waals surface area contributed by atoms with E-state index in [0.717, 1.165) is 25.3 Å². The highest BCUT2D eigenvalue weighted by molar-refractivity contribution is 7.90. The molecule has 5 heteroatoms. The number of nitrogens with one attached hydrogen (secondary N) is 1. The topological polar surface area (TPSA) is 55.4 Å². The lowest BCUT2D eigenvalue weighted by molar-refractivity contribution is 0.289. The monoisotopic (exact) mass is 313 g/mol. The Morgan fingerprint density at radius 1 is 1.19 bits per heavy atom. The highest BCUT2D eigenvalue weighted by Crippen LogP contribution is 2.13. The molecule has 0 unspecified atom stereocenters. The summed E-state index contributed by atoms with van der Waals surface area (Å²) in [7, 11) is -2.85. The predicted molar refractivity (Wildman–Crippen MR) is 87.4 cm³/mol. The lowest BCUT2D eigenvalue weighted by Gasteiger charge is -2.09. The molecule has 0 radical (unpaired) electrons. The van der Waals surface area contributed by atoms with Crippen molar-refractivity contribution in [1.82, 2.24) is 5.32 Å². The van der Waals surface area contributed by atoms with E-state index in [4.69, 9.17) is 4.74 Å². The summed E-state index contributed by atoms with van der Waals surface area (Å²) >= 11 is 0. The molecule has 1 N–H and O–H groups in total. The van der Waals surface area contributed by atoms with Crippen LogP contribution in [0.2, 0.25) is 0 Å². The summed E-state index contributed by atoms with van der Waals surface area (Å²) in [6.07, 6.45) is 2.98. The zero-order valence-electron chi connectivity index (χ0n) is 13.3. The molecule has 21 heavy (non-hydrogen) atoms. The summed E-state index contributed by atoms with van der Waals surface area (Å²) in [5.41, 5.74) is 1.17. The van der Waals surface area contributed by atoms with E-state index in [1.807, 2.05) is 24.3 Å². The van der Waals surface area contributed by atoms with Crippen LogP contribution in [0.1, 0.15) is 32.3 Å². The van der Waals surface area contributed by atoms with E-state index in [1.54, 1.807) is 0 Å². The van der Waals surface area contributed by atoms with Crippen LogP contribution in [0.25, 0.3) is 0 Å². The van der Waals surface area contributed by atoms with Crippen molar-refractivity contribution in [2.45, 2.75) is 33.2 Å².